The molecule has 1 fully saturated rings. The van der Waals surface area contributed by atoms with Crippen molar-refractivity contribution in [1.82, 2.24) is 0 Å². The number of Topliss-reactive ketones (excluding diaryl/α,β-unsaturated/α-hetero) is 1. The Balaban J connectivity index is 1.85. The summed E-state index contributed by atoms with van der Waals surface area (Å²) in [6, 6.07) is 10.2. The first kappa shape index (κ1) is 9.74. The third kappa shape index (κ3) is 2.36. The van der Waals surface area contributed by atoms with Crippen molar-refractivity contribution in [1.29, 1.82) is 0 Å². The maximum Gasteiger partial charge on any atom is 0.173 e. The molecule has 1 heterocycles. The predicted molar refractivity (Wildman–Crippen MR) is 57.4 cm³/mol. The topological polar surface area (TPSA) is 26.3 Å². The van der Waals surface area contributed by atoms with Crippen LogP contribution in [0.3, 0.4) is 0 Å². The molecule has 1 atom stereocenters. The number of ketones is 1. The first-order chi connectivity index (χ1) is 6.86. The van der Waals surface area contributed by atoms with Crippen LogP contribution in [-0.4, -0.2) is 24.2 Å². The lowest BCUT2D eigenvalue weighted by atomic mass is 10.2. The molecule has 0 bridgehead atoms. The van der Waals surface area contributed by atoms with Gasteiger partial charge < -0.3 is 4.74 Å². The number of rotatable bonds is 3. The molecule has 1 aromatic rings. The third-order valence-electron chi connectivity index (χ3n) is 2.17. The number of hydrogen-bond donors (Lipinski definition) is 0. The molecule has 0 aliphatic carbocycles. The molecule has 14 heavy (non-hydrogen) atoms. The number of hydrogen-bond acceptors (Lipinski definition) is 3. The van der Waals surface area contributed by atoms with Gasteiger partial charge in [0.1, 0.15) is 6.61 Å². The Morgan fingerprint density at radius 3 is 2.79 bits per heavy atom. The smallest absolute Gasteiger partial charge is 0.173 e. The summed E-state index contributed by atoms with van der Waals surface area (Å²) in [4.78, 5) is 11.2. The minimum atomic E-state index is 0.0511. The van der Waals surface area contributed by atoms with Crippen LogP contribution < -0.4 is 0 Å². The number of carbonyl (C=O) groups excluding carboxylic acids is 1. The zero-order valence-corrected chi connectivity index (χ0v) is 8.63. The summed E-state index contributed by atoms with van der Waals surface area (Å²) in [5.74, 6) is 1.12. The lowest BCUT2D eigenvalue weighted by molar-refractivity contribution is -0.117. The van der Waals surface area contributed by atoms with Gasteiger partial charge in [-0.1, -0.05) is 30.3 Å². The van der Waals surface area contributed by atoms with E-state index in [0.717, 1.165) is 5.75 Å². The van der Waals surface area contributed by atoms with Crippen LogP contribution in [0, 0.1) is 0 Å². The fraction of sp³-hybridized carbons (Fsp3) is 0.364. The summed E-state index contributed by atoms with van der Waals surface area (Å²) in [5.41, 5.74) is 1.26. The van der Waals surface area contributed by atoms with Gasteiger partial charge in [-0.15, -0.1) is 11.8 Å². The van der Waals surface area contributed by atoms with E-state index >= 15 is 0 Å². The van der Waals surface area contributed by atoms with Gasteiger partial charge in [0.15, 0.2) is 5.78 Å². The molecule has 1 saturated heterocycles. The summed E-state index contributed by atoms with van der Waals surface area (Å²) in [6.45, 7) is 0.878. The second-order valence-electron chi connectivity index (χ2n) is 3.27. The van der Waals surface area contributed by atoms with Crippen molar-refractivity contribution in [3.8, 4) is 0 Å². The number of thioether (sulfide) groups is 1. The van der Waals surface area contributed by atoms with Crippen LogP contribution in [0.15, 0.2) is 30.3 Å². The Bertz CT molecular complexity index is 310. The first-order valence-corrected chi connectivity index (χ1v) is 5.67. The Labute approximate surface area is 87.6 Å². The van der Waals surface area contributed by atoms with Crippen molar-refractivity contribution >= 4 is 17.5 Å². The van der Waals surface area contributed by atoms with E-state index in [9.17, 15) is 4.79 Å². The fourth-order valence-electron chi connectivity index (χ4n) is 1.36. The van der Waals surface area contributed by atoms with E-state index in [-0.39, 0.29) is 11.0 Å². The Kier molecular flexibility index (Phi) is 3.22. The summed E-state index contributed by atoms with van der Waals surface area (Å²) >= 11 is 1.67. The second-order valence-corrected chi connectivity index (χ2v) is 4.46. The molecule has 0 spiro atoms. The Morgan fingerprint density at radius 2 is 2.14 bits per heavy atom. The van der Waals surface area contributed by atoms with Crippen LogP contribution in [0.5, 0.6) is 0 Å². The van der Waals surface area contributed by atoms with Crippen molar-refractivity contribution in [2.45, 2.75) is 11.0 Å². The highest BCUT2D eigenvalue weighted by atomic mass is 32.2. The molecule has 0 saturated carbocycles. The third-order valence-corrected chi connectivity index (χ3v) is 3.47. The van der Waals surface area contributed by atoms with Crippen LogP contribution in [0.1, 0.15) is 5.56 Å². The van der Waals surface area contributed by atoms with Crippen molar-refractivity contribution in [3.05, 3.63) is 35.9 Å². The van der Waals surface area contributed by atoms with Crippen molar-refractivity contribution in [2.75, 3.05) is 13.2 Å². The molecule has 1 unspecified atom stereocenters. The molecule has 74 valence electrons. The van der Waals surface area contributed by atoms with E-state index in [0.29, 0.717) is 13.2 Å². The van der Waals surface area contributed by atoms with E-state index in [1.807, 2.05) is 18.2 Å². The summed E-state index contributed by atoms with van der Waals surface area (Å²) in [5, 5.41) is 0.0511. The summed E-state index contributed by atoms with van der Waals surface area (Å²) in [7, 11) is 0. The van der Waals surface area contributed by atoms with Crippen LogP contribution >= 0.6 is 11.8 Å². The normalized spacial score (nSPS) is 21.4. The molecule has 1 aliphatic heterocycles. The number of carbonyl (C=O) groups is 1. The highest BCUT2D eigenvalue weighted by Gasteiger charge is 2.25. The highest BCUT2D eigenvalue weighted by molar-refractivity contribution is 7.99. The zero-order valence-electron chi connectivity index (χ0n) is 7.81. The average molecular weight is 208 g/mol. The fourth-order valence-corrected chi connectivity index (χ4v) is 2.40. The van der Waals surface area contributed by atoms with E-state index in [1.54, 1.807) is 11.8 Å². The largest absolute Gasteiger partial charge is 0.372 e. The molecule has 1 aliphatic rings. The lowest BCUT2D eigenvalue weighted by Gasteiger charge is -2.05. The predicted octanol–water partition coefficient (Wildman–Crippen LogP) is 1.89. The van der Waals surface area contributed by atoms with E-state index in [4.69, 9.17) is 4.74 Å². The van der Waals surface area contributed by atoms with Gasteiger partial charge in [-0.05, 0) is 5.56 Å². The molecule has 0 aromatic heterocycles. The molecule has 2 nitrogen and oxygen atoms in total. The molecule has 0 N–H and O–H groups in total. The van der Waals surface area contributed by atoms with Crippen molar-refractivity contribution in [3.63, 3.8) is 0 Å². The van der Waals surface area contributed by atoms with Gasteiger partial charge in [-0.25, -0.2) is 0 Å². The molecule has 2 rings (SSSR count). The standard InChI is InChI=1S/C11H12O2S/c12-10-6-13-7-11(10)14-8-9-4-2-1-3-5-9/h1-5,11H,6-8H2. The maximum atomic E-state index is 11.2. The Hall–Kier alpha value is -0.800. The Morgan fingerprint density at radius 1 is 1.36 bits per heavy atom. The van der Waals surface area contributed by atoms with Crippen LogP contribution in [0.2, 0.25) is 0 Å². The van der Waals surface area contributed by atoms with Gasteiger partial charge in [-0.3, -0.25) is 4.79 Å². The van der Waals surface area contributed by atoms with Gasteiger partial charge in [0.25, 0.3) is 0 Å². The average Bonchev–Trinajstić information content (AvgIpc) is 2.63. The van der Waals surface area contributed by atoms with Crippen LogP contribution in [-0.2, 0) is 15.3 Å². The SMILES string of the molecule is O=C1COCC1SCc1ccccc1. The summed E-state index contributed by atoms with van der Waals surface area (Å²) in [6.07, 6.45) is 0. The van der Waals surface area contributed by atoms with E-state index < -0.39 is 0 Å². The van der Waals surface area contributed by atoms with Crippen LogP contribution in [0.25, 0.3) is 0 Å². The molecule has 0 amide bonds. The summed E-state index contributed by atoms with van der Waals surface area (Å²) < 4.78 is 5.09. The van der Waals surface area contributed by atoms with E-state index in [1.165, 1.54) is 5.56 Å². The van der Waals surface area contributed by atoms with Gasteiger partial charge >= 0.3 is 0 Å². The van der Waals surface area contributed by atoms with Gasteiger partial charge in [0, 0.05) is 5.75 Å². The van der Waals surface area contributed by atoms with Gasteiger partial charge in [0.05, 0.1) is 11.9 Å². The molecule has 0 radical (unpaired) electrons. The minimum Gasteiger partial charge on any atom is -0.372 e. The van der Waals surface area contributed by atoms with Crippen molar-refractivity contribution < 1.29 is 9.53 Å². The van der Waals surface area contributed by atoms with E-state index in [2.05, 4.69) is 12.1 Å². The van der Waals surface area contributed by atoms with Crippen LogP contribution in [0.4, 0.5) is 0 Å². The van der Waals surface area contributed by atoms with Crippen molar-refractivity contribution in [2.24, 2.45) is 0 Å². The highest BCUT2D eigenvalue weighted by Crippen LogP contribution is 2.21. The molecular formula is C11H12O2S. The quantitative estimate of drug-likeness (QED) is 0.758. The maximum absolute atomic E-state index is 11.2. The first-order valence-electron chi connectivity index (χ1n) is 4.62. The molecule has 3 heteroatoms. The van der Waals surface area contributed by atoms with Gasteiger partial charge in [-0.2, -0.15) is 0 Å². The van der Waals surface area contributed by atoms with Gasteiger partial charge in [0.2, 0.25) is 0 Å². The monoisotopic (exact) mass is 208 g/mol. The zero-order chi connectivity index (χ0) is 9.80. The minimum absolute atomic E-state index is 0.0511. The number of ether oxygens (including phenoxy) is 1. The number of benzene rings is 1. The molecular weight excluding hydrogens is 196 g/mol. The second kappa shape index (κ2) is 4.62. The lowest BCUT2D eigenvalue weighted by Crippen LogP contribution is -2.13. The molecule has 1 aromatic carbocycles.